The minimum Gasteiger partial charge on any atom is -0.393 e. The Balaban J connectivity index is 1.67. The fourth-order valence-corrected chi connectivity index (χ4v) is 5.03. The Morgan fingerprint density at radius 2 is 1.97 bits per heavy atom. The van der Waals surface area contributed by atoms with Crippen molar-refractivity contribution in [2.75, 3.05) is 10.3 Å². The normalized spacial score (nSPS) is 30.6. The summed E-state index contributed by atoms with van der Waals surface area (Å²) in [4.78, 5) is 24.8. The first-order chi connectivity index (χ1) is 14.1. The predicted molar refractivity (Wildman–Crippen MR) is 117 cm³/mol. The molecule has 1 saturated heterocycles. The van der Waals surface area contributed by atoms with Crippen LogP contribution in [0, 0.1) is 11.3 Å². The molecule has 3 aliphatic rings. The number of Topliss-reactive ketones (excluding diaryl/α,β-unsaturated/α-hetero) is 1. The maximum absolute atomic E-state index is 12.8. The molecule has 0 bridgehead atoms. The number of hydrogen-bond acceptors (Lipinski definition) is 6. The quantitative estimate of drug-likeness (QED) is 0.606. The molecule has 2 aliphatic carbocycles. The van der Waals surface area contributed by atoms with Crippen molar-refractivity contribution in [3.8, 4) is 0 Å². The number of anilines is 2. The van der Waals surface area contributed by atoms with E-state index in [9.17, 15) is 14.7 Å². The van der Waals surface area contributed by atoms with Gasteiger partial charge in [0.2, 0.25) is 0 Å². The van der Waals surface area contributed by atoms with Crippen LogP contribution in [0.2, 0.25) is 0 Å². The van der Waals surface area contributed by atoms with Crippen molar-refractivity contribution in [1.29, 1.82) is 0 Å². The van der Waals surface area contributed by atoms with E-state index in [4.69, 9.17) is 5.73 Å². The van der Waals surface area contributed by atoms with Crippen LogP contribution in [0.25, 0.3) is 0 Å². The third-order valence-electron chi connectivity index (χ3n) is 6.51. The highest BCUT2D eigenvalue weighted by atomic mass is 16.3. The number of ketones is 1. The number of benzene rings is 1. The molecule has 1 aromatic carbocycles. The number of carbonyl (C=O) groups is 2. The molecule has 1 aliphatic heterocycles. The van der Waals surface area contributed by atoms with Gasteiger partial charge < -0.3 is 16.2 Å². The van der Waals surface area contributed by atoms with Gasteiger partial charge >= 0.3 is 0 Å². The first kappa shape index (κ1) is 20.9. The van der Waals surface area contributed by atoms with E-state index in [1.54, 1.807) is 6.07 Å². The van der Waals surface area contributed by atoms with Gasteiger partial charge in [0.1, 0.15) is 5.78 Å². The Kier molecular flexibility index (Phi) is 5.36. The molecule has 0 radical (unpaired) electrons. The maximum atomic E-state index is 12.8. The lowest BCUT2D eigenvalue weighted by Crippen LogP contribution is -2.34. The molecule has 1 saturated carbocycles. The number of aliphatic hydroxyl groups excluding tert-OH is 1. The van der Waals surface area contributed by atoms with E-state index >= 15 is 0 Å². The fourth-order valence-electron chi connectivity index (χ4n) is 5.03. The van der Waals surface area contributed by atoms with E-state index in [0.29, 0.717) is 17.7 Å². The summed E-state index contributed by atoms with van der Waals surface area (Å²) in [6.45, 7) is 6.19. The minimum atomic E-state index is -0.478. The average molecular weight is 413 g/mol. The van der Waals surface area contributed by atoms with Crippen molar-refractivity contribution in [3.63, 3.8) is 0 Å². The summed E-state index contributed by atoms with van der Waals surface area (Å²) in [6.07, 6.45) is 5.68. The molecule has 7 nitrogen and oxygen atoms in total. The highest BCUT2D eigenvalue weighted by Gasteiger charge is 2.45. The number of primary amides is 1. The number of nitrogens with one attached hydrogen (secondary N) is 2. The first-order valence-electron chi connectivity index (χ1n) is 10.8. The zero-order chi connectivity index (χ0) is 21.6. The van der Waals surface area contributed by atoms with Crippen LogP contribution in [0.3, 0.4) is 0 Å². The second kappa shape index (κ2) is 7.71. The lowest BCUT2D eigenvalue weighted by molar-refractivity contribution is -0.124. The van der Waals surface area contributed by atoms with Gasteiger partial charge in [0.05, 0.1) is 23.3 Å². The zero-order valence-electron chi connectivity index (χ0n) is 17.9. The van der Waals surface area contributed by atoms with Crippen molar-refractivity contribution < 1.29 is 14.7 Å². The van der Waals surface area contributed by atoms with Gasteiger partial charge in [-0.1, -0.05) is 19.9 Å². The van der Waals surface area contributed by atoms with E-state index in [1.165, 1.54) is 0 Å². The summed E-state index contributed by atoms with van der Waals surface area (Å²) in [5.74, 6) is -0.383. The third-order valence-corrected chi connectivity index (χ3v) is 6.51. The molecule has 5 N–H and O–H groups in total. The Morgan fingerprint density at radius 3 is 2.63 bits per heavy atom. The van der Waals surface area contributed by atoms with Crippen molar-refractivity contribution >= 4 is 23.1 Å². The molecular formula is C23H32N4O3. The first-order valence-corrected chi connectivity index (χ1v) is 10.8. The number of hydrogen-bond donors (Lipinski definition) is 4. The summed E-state index contributed by atoms with van der Waals surface area (Å²) < 4.78 is 0. The molecule has 0 aromatic heterocycles. The Bertz CT molecular complexity index is 886. The van der Waals surface area contributed by atoms with Gasteiger partial charge in [-0.15, -0.1) is 0 Å². The Hall–Kier alpha value is -2.38. The lowest BCUT2D eigenvalue weighted by atomic mass is 9.75. The minimum absolute atomic E-state index is 0.00640. The van der Waals surface area contributed by atoms with E-state index < -0.39 is 5.91 Å². The van der Waals surface area contributed by atoms with Crippen LogP contribution in [0.5, 0.6) is 0 Å². The average Bonchev–Trinajstić information content (AvgIpc) is 2.98. The number of amides is 1. The lowest BCUT2D eigenvalue weighted by Gasteiger charge is -2.32. The second-order valence-electron chi connectivity index (χ2n) is 9.68. The number of carbonyl (C=O) groups excluding carboxylic acids is 2. The summed E-state index contributed by atoms with van der Waals surface area (Å²) in [5.41, 5.74) is 11.8. The molecule has 0 spiro atoms. The van der Waals surface area contributed by atoms with E-state index in [2.05, 4.69) is 30.7 Å². The number of fused-ring (bicyclic) bond motifs is 1. The number of rotatable bonds is 4. The number of aliphatic hydroxyl groups is 1. The van der Waals surface area contributed by atoms with Gasteiger partial charge in [-0.2, -0.15) is 0 Å². The van der Waals surface area contributed by atoms with Crippen LogP contribution in [-0.2, 0) is 4.79 Å². The van der Waals surface area contributed by atoms with E-state index in [-0.39, 0.29) is 35.3 Å². The topological polar surface area (TPSA) is 108 Å². The summed E-state index contributed by atoms with van der Waals surface area (Å²) >= 11 is 0. The molecule has 1 amide bonds. The van der Waals surface area contributed by atoms with Crippen LogP contribution in [0.15, 0.2) is 30.0 Å². The highest BCUT2D eigenvalue weighted by Crippen LogP contribution is 2.42. The third kappa shape index (κ3) is 3.96. The molecule has 4 rings (SSSR count). The second-order valence-corrected chi connectivity index (χ2v) is 9.68. The molecular weight excluding hydrogens is 380 g/mol. The molecule has 162 valence electrons. The molecule has 1 aromatic rings. The summed E-state index contributed by atoms with van der Waals surface area (Å²) in [5, 5.41) is 15.2. The Labute approximate surface area is 177 Å². The number of nitrogens with two attached hydrogens (primary N) is 1. The van der Waals surface area contributed by atoms with Crippen LogP contribution >= 0.6 is 0 Å². The standard InChI is InChI=1S/C23H32N4O3/c1-13-21-19(11-23(2,3)12-20(21)29)27(26-13)15-6-9-17(22(24)30)18(10-15)25-14-4-7-16(28)8-5-14/h6,9-11,13-14,16,21,25-26,28H,4-5,7-8,12H2,1-3H3,(H2,24,30). The van der Waals surface area contributed by atoms with Crippen LogP contribution < -0.4 is 21.5 Å². The van der Waals surface area contributed by atoms with Gasteiger partial charge in [-0.25, -0.2) is 5.43 Å². The summed E-state index contributed by atoms with van der Waals surface area (Å²) in [6, 6.07) is 5.74. The van der Waals surface area contributed by atoms with Crippen LogP contribution in [0.4, 0.5) is 11.4 Å². The summed E-state index contributed by atoms with van der Waals surface area (Å²) in [7, 11) is 0. The van der Waals surface area contributed by atoms with Crippen molar-refractivity contribution in [2.24, 2.45) is 17.1 Å². The van der Waals surface area contributed by atoms with Crippen molar-refractivity contribution in [3.05, 3.63) is 35.5 Å². The number of allylic oxidation sites excluding steroid dienone is 1. The van der Waals surface area contributed by atoms with E-state index in [1.807, 2.05) is 24.1 Å². The molecule has 1 heterocycles. The van der Waals surface area contributed by atoms with Gasteiger partial charge in [-0.3, -0.25) is 14.6 Å². The van der Waals surface area contributed by atoms with Gasteiger partial charge in [0.25, 0.3) is 5.91 Å². The van der Waals surface area contributed by atoms with Crippen LogP contribution in [0.1, 0.15) is 63.2 Å². The van der Waals surface area contributed by atoms with E-state index in [0.717, 1.165) is 37.1 Å². The fraction of sp³-hybridized carbons (Fsp3) is 0.565. The zero-order valence-corrected chi connectivity index (χ0v) is 17.9. The SMILES string of the molecule is CC1NN(c2ccc(C(N)=O)c(NC3CCC(O)CC3)c2)C2=CC(C)(C)CC(=O)C21. The molecule has 30 heavy (non-hydrogen) atoms. The van der Waals surface area contributed by atoms with Crippen molar-refractivity contribution in [1.82, 2.24) is 5.43 Å². The van der Waals surface area contributed by atoms with Crippen LogP contribution in [-0.4, -0.2) is 35.0 Å². The van der Waals surface area contributed by atoms with Gasteiger partial charge in [0, 0.05) is 29.9 Å². The van der Waals surface area contributed by atoms with Gasteiger partial charge in [-0.05, 0) is 56.2 Å². The molecule has 2 unspecified atom stereocenters. The van der Waals surface area contributed by atoms with Crippen molar-refractivity contribution in [2.45, 2.75) is 71.1 Å². The molecule has 2 fully saturated rings. The number of hydrazine groups is 1. The monoisotopic (exact) mass is 412 g/mol. The Morgan fingerprint density at radius 1 is 1.27 bits per heavy atom. The predicted octanol–water partition coefficient (Wildman–Crippen LogP) is 2.71. The largest absolute Gasteiger partial charge is 0.393 e. The number of nitrogens with zero attached hydrogens (tertiary/aromatic N) is 1. The van der Waals surface area contributed by atoms with Gasteiger partial charge in [0.15, 0.2) is 0 Å². The smallest absolute Gasteiger partial charge is 0.250 e. The maximum Gasteiger partial charge on any atom is 0.250 e. The highest BCUT2D eigenvalue weighted by molar-refractivity contribution is 5.99. The molecule has 2 atom stereocenters. The molecule has 7 heteroatoms.